The van der Waals surface area contributed by atoms with Crippen LogP contribution in [0, 0.1) is 6.92 Å². The lowest BCUT2D eigenvalue weighted by atomic mass is 10.1. The molecule has 0 aliphatic carbocycles. The lowest BCUT2D eigenvalue weighted by Gasteiger charge is -2.36. The second-order valence-electron chi connectivity index (χ2n) is 9.20. The molecule has 3 aromatic carbocycles. The summed E-state index contributed by atoms with van der Waals surface area (Å²) in [7, 11) is 1.66. The summed E-state index contributed by atoms with van der Waals surface area (Å²) in [6.07, 6.45) is 0. The minimum atomic E-state index is -0.291. The third-order valence-electron chi connectivity index (χ3n) is 6.81. The average Bonchev–Trinajstić information content (AvgIpc) is 2.94. The highest BCUT2D eigenvalue weighted by Crippen LogP contribution is 2.35. The monoisotopic (exact) mass is 516 g/mol. The van der Waals surface area contributed by atoms with E-state index in [1.807, 2.05) is 31.2 Å². The number of para-hydroxylation sites is 2. The number of piperazine rings is 1. The van der Waals surface area contributed by atoms with Crippen molar-refractivity contribution in [1.29, 1.82) is 0 Å². The Bertz CT molecular complexity index is 1470. The van der Waals surface area contributed by atoms with Crippen LogP contribution in [-0.4, -0.2) is 49.9 Å². The summed E-state index contributed by atoms with van der Waals surface area (Å²) in [4.78, 5) is 18.1. The number of hydrogen-bond acceptors (Lipinski definition) is 8. The van der Waals surface area contributed by atoms with Crippen LogP contribution in [0.1, 0.15) is 18.2 Å². The number of fused-ring (bicyclic) bond motifs is 1. The van der Waals surface area contributed by atoms with Crippen molar-refractivity contribution >= 4 is 16.7 Å². The first-order valence-electron chi connectivity index (χ1n) is 12.8. The molecule has 1 N–H and O–H groups in total. The fourth-order valence-corrected chi connectivity index (χ4v) is 4.77. The summed E-state index contributed by atoms with van der Waals surface area (Å²) < 4.78 is 23.0. The molecule has 8 nitrogen and oxygen atoms in total. The number of hydrogen-bond donors (Lipinski definition) is 1. The van der Waals surface area contributed by atoms with E-state index in [1.54, 1.807) is 38.3 Å². The molecule has 2 heterocycles. The molecule has 0 radical (unpaired) electrons. The van der Waals surface area contributed by atoms with E-state index < -0.39 is 0 Å². The number of phenolic OH excluding ortho intramolecular Hbond substituents is 1. The third kappa shape index (κ3) is 5.13. The van der Waals surface area contributed by atoms with Gasteiger partial charge < -0.3 is 28.6 Å². The van der Waals surface area contributed by atoms with Gasteiger partial charge in [-0.1, -0.05) is 12.1 Å². The fraction of sp³-hybridized carbons (Fsp3) is 0.300. The second-order valence-corrected chi connectivity index (χ2v) is 9.20. The molecular formula is C30H32N2O6. The number of aryl methyl sites for hydroxylation is 1. The number of aromatic hydroxyl groups is 1. The van der Waals surface area contributed by atoms with Crippen molar-refractivity contribution in [1.82, 2.24) is 4.90 Å². The molecule has 1 aliphatic heterocycles. The molecule has 0 spiro atoms. The van der Waals surface area contributed by atoms with Gasteiger partial charge in [-0.3, -0.25) is 9.69 Å². The van der Waals surface area contributed by atoms with Gasteiger partial charge in [0.25, 0.3) is 0 Å². The molecule has 0 saturated carbocycles. The van der Waals surface area contributed by atoms with Gasteiger partial charge in [0.1, 0.15) is 22.8 Å². The van der Waals surface area contributed by atoms with Crippen LogP contribution in [0.4, 0.5) is 5.69 Å². The zero-order chi connectivity index (χ0) is 26.6. The first-order chi connectivity index (χ1) is 18.5. The Morgan fingerprint density at radius 1 is 0.947 bits per heavy atom. The summed E-state index contributed by atoms with van der Waals surface area (Å²) >= 11 is 0. The molecule has 0 unspecified atom stereocenters. The summed E-state index contributed by atoms with van der Waals surface area (Å²) in [5, 5.41) is 11.1. The smallest absolute Gasteiger partial charge is 0.235 e. The number of anilines is 1. The number of nitrogens with zero attached hydrogens (tertiary/aromatic N) is 2. The van der Waals surface area contributed by atoms with Crippen molar-refractivity contribution in [3.8, 4) is 28.7 Å². The molecule has 198 valence electrons. The number of methoxy groups -OCH3 is 1. The standard InChI is InChI=1S/C30H32N2O6/c1-4-36-26-7-5-6-8-27(26)38-29-20(2)37-30-23(28(29)34)13-14-25(33)24(30)19-31-15-17-32(18-16-31)21-9-11-22(35-3)12-10-21/h5-14,33H,4,15-19H2,1-3H3. The maximum atomic E-state index is 13.5. The third-order valence-corrected chi connectivity index (χ3v) is 6.81. The summed E-state index contributed by atoms with van der Waals surface area (Å²) in [6.45, 7) is 7.83. The first-order valence-corrected chi connectivity index (χ1v) is 12.8. The van der Waals surface area contributed by atoms with E-state index in [0.717, 1.165) is 37.6 Å². The molecule has 1 aliphatic rings. The quantitative estimate of drug-likeness (QED) is 0.337. The normalized spacial score (nSPS) is 14.0. The topological polar surface area (TPSA) is 84.6 Å². The van der Waals surface area contributed by atoms with Crippen LogP contribution in [0.25, 0.3) is 11.0 Å². The highest BCUT2D eigenvalue weighted by atomic mass is 16.5. The lowest BCUT2D eigenvalue weighted by Crippen LogP contribution is -2.46. The van der Waals surface area contributed by atoms with E-state index >= 15 is 0 Å². The van der Waals surface area contributed by atoms with Crippen LogP contribution in [-0.2, 0) is 6.54 Å². The number of benzene rings is 3. The van der Waals surface area contributed by atoms with Crippen molar-refractivity contribution in [2.75, 3.05) is 44.8 Å². The van der Waals surface area contributed by atoms with Gasteiger partial charge in [-0.15, -0.1) is 0 Å². The van der Waals surface area contributed by atoms with Crippen molar-refractivity contribution in [3.05, 3.63) is 82.2 Å². The molecule has 0 bridgehead atoms. The van der Waals surface area contributed by atoms with Gasteiger partial charge in [-0.2, -0.15) is 0 Å². The summed E-state index contributed by atoms with van der Waals surface area (Å²) in [5.41, 5.74) is 1.84. The van der Waals surface area contributed by atoms with Gasteiger partial charge in [0.05, 0.1) is 24.7 Å². The van der Waals surface area contributed by atoms with Gasteiger partial charge in [-0.05, 0) is 62.4 Å². The van der Waals surface area contributed by atoms with Gasteiger partial charge in [0, 0.05) is 38.4 Å². The van der Waals surface area contributed by atoms with Gasteiger partial charge in [0.2, 0.25) is 11.2 Å². The van der Waals surface area contributed by atoms with Crippen LogP contribution in [0.2, 0.25) is 0 Å². The van der Waals surface area contributed by atoms with Crippen molar-refractivity contribution in [3.63, 3.8) is 0 Å². The van der Waals surface area contributed by atoms with E-state index in [0.29, 0.717) is 46.9 Å². The minimum Gasteiger partial charge on any atom is -0.507 e. The largest absolute Gasteiger partial charge is 0.507 e. The van der Waals surface area contributed by atoms with E-state index in [2.05, 4.69) is 21.9 Å². The van der Waals surface area contributed by atoms with Gasteiger partial charge in [-0.25, -0.2) is 0 Å². The van der Waals surface area contributed by atoms with Gasteiger partial charge >= 0.3 is 0 Å². The predicted octanol–water partition coefficient (Wildman–Crippen LogP) is 5.33. The van der Waals surface area contributed by atoms with E-state index in [9.17, 15) is 9.90 Å². The molecule has 5 rings (SSSR count). The molecule has 8 heteroatoms. The van der Waals surface area contributed by atoms with Crippen LogP contribution in [0.3, 0.4) is 0 Å². The zero-order valence-corrected chi connectivity index (χ0v) is 21.9. The Labute approximate surface area is 221 Å². The molecule has 38 heavy (non-hydrogen) atoms. The molecule has 0 amide bonds. The number of phenols is 1. The van der Waals surface area contributed by atoms with Gasteiger partial charge in [0.15, 0.2) is 11.5 Å². The average molecular weight is 517 g/mol. The van der Waals surface area contributed by atoms with E-state index in [-0.39, 0.29) is 16.9 Å². The maximum Gasteiger partial charge on any atom is 0.235 e. The Morgan fingerprint density at radius 2 is 1.66 bits per heavy atom. The Hall–Kier alpha value is -4.17. The van der Waals surface area contributed by atoms with E-state index in [4.69, 9.17) is 18.6 Å². The molecule has 4 aromatic rings. The Morgan fingerprint density at radius 3 is 2.34 bits per heavy atom. The molecule has 1 fully saturated rings. The summed E-state index contributed by atoms with van der Waals surface area (Å²) in [6, 6.07) is 18.4. The fourth-order valence-electron chi connectivity index (χ4n) is 4.77. The van der Waals surface area contributed by atoms with Crippen LogP contribution in [0.15, 0.2) is 69.9 Å². The van der Waals surface area contributed by atoms with Crippen LogP contribution >= 0.6 is 0 Å². The first kappa shape index (κ1) is 25.5. The molecule has 1 saturated heterocycles. The molecular weight excluding hydrogens is 484 g/mol. The molecule has 0 atom stereocenters. The Kier molecular flexibility index (Phi) is 7.42. The number of ether oxygens (including phenoxy) is 3. The highest BCUT2D eigenvalue weighted by molar-refractivity contribution is 5.83. The van der Waals surface area contributed by atoms with Crippen LogP contribution in [0.5, 0.6) is 28.7 Å². The Balaban J connectivity index is 1.37. The van der Waals surface area contributed by atoms with Crippen molar-refractivity contribution in [2.45, 2.75) is 20.4 Å². The van der Waals surface area contributed by atoms with Crippen molar-refractivity contribution in [2.24, 2.45) is 0 Å². The molecule has 1 aromatic heterocycles. The number of rotatable bonds is 8. The van der Waals surface area contributed by atoms with Crippen LogP contribution < -0.4 is 24.5 Å². The minimum absolute atomic E-state index is 0.105. The SMILES string of the molecule is CCOc1ccccc1Oc1c(C)oc2c(CN3CCN(c4ccc(OC)cc4)CC3)c(O)ccc2c1=O. The summed E-state index contributed by atoms with van der Waals surface area (Å²) in [5.74, 6) is 2.38. The van der Waals surface area contributed by atoms with E-state index in [1.165, 1.54) is 0 Å². The zero-order valence-electron chi connectivity index (χ0n) is 21.9. The van der Waals surface area contributed by atoms with Crippen molar-refractivity contribution < 1.29 is 23.7 Å². The maximum absolute atomic E-state index is 13.5. The lowest BCUT2D eigenvalue weighted by molar-refractivity contribution is 0.246. The predicted molar refractivity (Wildman–Crippen MR) is 147 cm³/mol. The second kappa shape index (κ2) is 11.1. The highest BCUT2D eigenvalue weighted by Gasteiger charge is 2.23.